The SMILES string of the molecule is CC(C)(C)OC(=O)N1CCN(C[C@@H](O)CF)CC1. The summed E-state index contributed by atoms with van der Waals surface area (Å²) in [7, 11) is 0. The molecule has 1 N–H and O–H groups in total. The zero-order valence-corrected chi connectivity index (χ0v) is 11.4. The molecule has 106 valence electrons. The molecule has 0 bridgehead atoms. The first kappa shape index (κ1) is 15.2. The summed E-state index contributed by atoms with van der Waals surface area (Å²) >= 11 is 0. The summed E-state index contributed by atoms with van der Waals surface area (Å²) in [4.78, 5) is 15.4. The minimum absolute atomic E-state index is 0.312. The van der Waals surface area contributed by atoms with Gasteiger partial charge >= 0.3 is 6.09 Å². The largest absolute Gasteiger partial charge is 0.444 e. The molecule has 1 aliphatic heterocycles. The van der Waals surface area contributed by atoms with Crippen LogP contribution in [0.3, 0.4) is 0 Å². The van der Waals surface area contributed by atoms with Crippen molar-refractivity contribution in [3.05, 3.63) is 0 Å². The zero-order chi connectivity index (χ0) is 13.8. The van der Waals surface area contributed by atoms with Crippen molar-refractivity contribution in [3.8, 4) is 0 Å². The Kier molecular flexibility index (Phi) is 5.34. The van der Waals surface area contributed by atoms with E-state index in [1.165, 1.54) is 0 Å². The summed E-state index contributed by atoms with van der Waals surface area (Å²) in [6.45, 7) is 7.45. The van der Waals surface area contributed by atoms with Crippen LogP contribution in [0.1, 0.15) is 20.8 Å². The first-order valence-corrected chi connectivity index (χ1v) is 6.26. The van der Waals surface area contributed by atoms with Crippen LogP contribution in [0.25, 0.3) is 0 Å². The molecule has 0 spiro atoms. The van der Waals surface area contributed by atoms with Gasteiger partial charge in [-0.1, -0.05) is 0 Å². The van der Waals surface area contributed by atoms with Gasteiger partial charge in [0.1, 0.15) is 12.3 Å². The van der Waals surface area contributed by atoms with E-state index in [-0.39, 0.29) is 6.09 Å². The van der Waals surface area contributed by atoms with Gasteiger partial charge in [-0.3, -0.25) is 4.90 Å². The Morgan fingerprint density at radius 2 is 1.89 bits per heavy atom. The summed E-state index contributed by atoms with van der Waals surface area (Å²) in [5.74, 6) is 0. The molecule has 0 aromatic rings. The van der Waals surface area contributed by atoms with E-state index in [9.17, 15) is 14.3 Å². The summed E-state index contributed by atoms with van der Waals surface area (Å²) < 4.78 is 17.4. The highest BCUT2D eigenvalue weighted by molar-refractivity contribution is 5.68. The Labute approximate surface area is 108 Å². The Bertz CT molecular complexity index is 273. The first-order chi connectivity index (χ1) is 8.31. The number of piperazine rings is 1. The highest BCUT2D eigenvalue weighted by Gasteiger charge is 2.26. The van der Waals surface area contributed by atoms with Gasteiger partial charge in [0.15, 0.2) is 0 Å². The van der Waals surface area contributed by atoms with Crippen molar-refractivity contribution in [2.45, 2.75) is 32.5 Å². The quantitative estimate of drug-likeness (QED) is 0.820. The third-order valence-electron chi connectivity index (χ3n) is 2.67. The van der Waals surface area contributed by atoms with Crippen molar-refractivity contribution in [2.75, 3.05) is 39.4 Å². The van der Waals surface area contributed by atoms with Crippen molar-refractivity contribution in [3.63, 3.8) is 0 Å². The number of ether oxygens (including phenoxy) is 1. The fourth-order valence-electron chi connectivity index (χ4n) is 1.79. The molecule has 1 fully saturated rings. The Morgan fingerprint density at radius 3 is 2.33 bits per heavy atom. The average Bonchev–Trinajstić information content (AvgIpc) is 2.27. The lowest BCUT2D eigenvalue weighted by atomic mass is 10.2. The normalized spacial score (nSPS) is 19.7. The molecule has 1 saturated heterocycles. The van der Waals surface area contributed by atoms with Gasteiger partial charge in [0.05, 0.1) is 6.10 Å². The molecule has 1 atom stereocenters. The number of alkyl halides is 1. The first-order valence-electron chi connectivity index (χ1n) is 6.26. The zero-order valence-electron chi connectivity index (χ0n) is 11.4. The molecular formula is C12H23FN2O3. The molecular weight excluding hydrogens is 239 g/mol. The second-order valence-corrected chi connectivity index (χ2v) is 5.58. The molecule has 18 heavy (non-hydrogen) atoms. The standard InChI is InChI=1S/C12H23FN2O3/c1-12(2,3)18-11(17)15-6-4-14(5-7-15)9-10(16)8-13/h10,16H,4-9H2,1-3H3/t10-/m0/s1. The van der Waals surface area contributed by atoms with Crippen LogP contribution in [0, 0.1) is 0 Å². The predicted molar refractivity (Wildman–Crippen MR) is 66.2 cm³/mol. The van der Waals surface area contributed by atoms with Crippen molar-refractivity contribution in [1.82, 2.24) is 9.80 Å². The van der Waals surface area contributed by atoms with Crippen LogP contribution in [0.15, 0.2) is 0 Å². The van der Waals surface area contributed by atoms with E-state index in [1.807, 2.05) is 25.7 Å². The van der Waals surface area contributed by atoms with E-state index in [0.717, 1.165) is 0 Å². The lowest BCUT2D eigenvalue weighted by Crippen LogP contribution is -2.51. The van der Waals surface area contributed by atoms with Crippen LogP contribution in [0.4, 0.5) is 9.18 Å². The van der Waals surface area contributed by atoms with Gasteiger partial charge in [-0.15, -0.1) is 0 Å². The summed E-state index contributed by atoms with van der Waals surface area (Å²) in [6.07, 6.45) is -1.24. The Morgan fingerprint density at radius 1 is 1.33 bits per heavy atom. The Balaban J connectivity index is 2.33. The molecule has 0 aromatic heterocycles. The number of aliphatic hydroxyl groups is 1. The lowest BCUT2D eigenvalue weighted by Gasteiger charge is -2.36. The minimum Gasteiger partial charge on any atom is -0.444 e. The molecule has 0 unspecified atom stereocenters. The highest BCUT2D eigenvalue weighted by Crippen LogP contribution is 2.12. The lowest BCUT2D eigenvalue weighted by molar-refractivity contribution is 0.00889. The number of hydrogen-bond acceptors (Lipinski definition) is 4. The molecule has 5 nitrogen and oxygen atoms in total. The molecule has 0 aromatic carbocycles. The molecule has 0 aliphatic carbocycles. The van der Waals surface area contributed by atoms with Gasteiger partial charge in [-0.2, -0.15) is 0 Å². The second kappa shape index (κ2) is 6.33. The topological polar surface area (TPSA) is 53.0 Å². The highest BCUT2D eigenvalue weighted by atomic mass is 19.1. The van der Waals surface area contributed by atoms with Crippen LogP contribution < -0.4 is 0 Å². The van der Waals surface area contributed by atoms with Crippen LogP contribution in [0.5, 0.6) is 0 Å². The maximum absolute atomic E-state index is 12.2. The third kappa shape index (κ3) is 5.18. The van der Waals surface area contributed by atoms with E-state index >= 15 is 0 Å². The third-order valence-corrected chi connectivity index (χ3v) is 2.67. The van der Waals surface area contributed by atoms with E-state index in [1.54, 1.807) is 4.90 Å². The summed E-state index contributed by atoms with van der Waals surface area (Å²) in [5, 5.41) is 9.22. The van der Waals surface area contributed by atoms with E-state index in [2.05, 4.69) is 0 Å². The van der Waals surface area contributed by atoms with Crippen molar-refractivity contribution < 1.29 is 19.0 Å². The Hall–Kier alpha value is -0.880. The van der Waals surface area contributed by atoms with Crippen molar-refractivity contribution >= 4 is 6.09 Å². The van der Waals surface area contributed by atoms with Crippen LogP contribution >= 0.6 is 0 Å². The number of nitrogens with zero attached hydrogens (tertiary/aromatic N) is 2. The summed E-state index contributed by atoms with van der Waals surface area (Å²) in [5.41, 5.74) is -0.487. The fraction of sp³-hybridized carbons (Fsp3) is 0.917. The van der Waals surface area contributed by atoms with Crippen LogP contribution in [-0.4, -0.2) is 72.1 Å². The molecule has 1 aliphatic rings. The molecule has 1 rings (SSSR count). The van der Waals surface area contributed by atoms with Gasteiger partial charge in [0.25, 0.3) is 0 Å². The van der Waals surface area contributed by atoms with Gasteiger partial charge < -0.3 is 14.7 Å². The molecule has 0 saturated carbocycles. The number of hydrogen-bond donors (Lipinski definition) is 1. The van der Waals surface area contributed by atoms with Gasteiger partial charge in [0.2, 0.25) is 0 Å². The van der Waals surface area contributed by atoms with Crippen LogP contribution in [0.2, 0.25) is 0 Å². The van der Waals surface area contributed by atoms with Crippen molar-refractivity contribution in [1.29, 1.82) is 0 Å². The number of amides is 1. The maximum atomic E-state index is 12.2. The maximum Gasteiger partial charge on any atom is 0.410 e. The number of β-amino-alcohol motifs (C(OH)–C–C–N with tert-alkyl or cyclic N) is 1. The summed E-state index contributed by atoms with van der Waals surface area (Å²) in [6, 6.07) is 0. The molecule has 6 heteroatoms. The van der Waals surface area contributed by atoms with Crippen molar-refractivity contribution in [2.24, 2.45) is 0 Å². The molecule has 1 amide bonds. The van der Waals surface area contributed by atoms with E-state index in [0.29, 0.717) is 32.7 Å². The predicted octanol–water partition coefficient (Wildman–Crippen LogP) is 0.869. The van der Waals surface area contributed by atoms with E-state index < -0.39 is 18.4 Å². The number of halogens is 1. The average molecular weight is 262 g/mol. The fourth-order valence-corrected chi connectivity index (χ4v) is 1.79. The van der Waals surface area contributed by atoms with E-state index in [4.69, 9.17) is 4.74 Å². The monoisotopic (exact) mass is 262 g/mol. The van der Waals surface area contributed by atoms with Crippen LogP contribution in [-0.2, 0) is 4.74 Å². The smallest absolute Gasteiger partial charge is 0.410 e. The second-order valence-electron chi connectivity index (χ2n) is 5.58. The number of rotatable bonds is 3. The number of carbonyl (C=O) groups excluding carboxylic acids is 1. The molecule has 0 radical (unpaired) electrons. The van der Waals surface area contributed by atoms with Gasteiger partial charge in [0, 0.05) is 32.7 Å². The number of aliphatic hydroxyl groups excluding tert-OH is 1. The molecule has 1 heterocycles. The van der Waals surface area contributed by atoms with Gasteiger partial charge in [-0.25, -0.2) is 9.18 Å². The minimum atomic E-state index is -0.932. The number of carbonyl (C=O) groups is 1. The van der Waals surface area contributed by atoms with Gasteiger partial charge in [-0.05, 0) is 20.8 Å².